The lowest BCUT2D eigenvalue weighted by atomic mass is 9.95. The molecule has 1 saturated carbocycles. The molecular weight excluding hydrogens is 482 g/mol. The maximum atomic E-state index is 10.9. The molecule has 2 aliphatic rings. The van der Waals surface area contributed by atoms with Crippen LogP contribution < -0.4 is 11.1 Å². The Labute approximate surface area is 218 Å². The third-order valence-corrected chi connectivity index (χ3v) is 8.15. The summed E-state index contributed by atoms with van der Waals surface area (Å²) in [6.07, 6.45) is 6.58. The van der Waals surface area contributed by atoms with Gasteiger partial charge in [-0.05, 0) is 54.5 Å². The van der Waals surface area contributed by atoms with Crippen LogP contribution in [0.2, 0.25) is 0 Å². The van der Waals surface area contributed by atoms with Crippen LogP contribution in [0.4, 0.5) is 11.6 Å². The molecule has 4 aromatic heterocycles. The molecule has 1 aliphatic heterocycles. The number of nitrogens with one attached hydrogen (secondary N) is 1. The number of rotatable bonds is 5. The highest BCUT2D eigenvalue weighted by Gasteiger charge is 2.42. The van der Waals surface area contributed by atoms with E-state index in [-0.39, 0.29) is 18.0 Å². The summed E-state index contributed by atoms with van der Waals surface area (Å²) in [7, 11) is 1.87. The predicted molar refractivity (Wildman–Crippen MR) is 142 cm³/mol. The SMILES string of the molecule is Cn1cc([C@@H]2Cc3cc4ccc(CC[C@H]5C[C@@H](n6ccc7c(N)ncnc76)[C@H](O)[C@@H]5O)cc4nc3N2)nn1. The van der Waals surface area contributed by atoms with Crippen LogP contribution in [0.15, 0.2) is 49.1 Å². The Hall–Kier alpha value is -4.09. The van der Waals surface area contributed by atoms with Crippen molar-refractivity contribution in [1.82, 2.24) is 34.5 Å². The quantitative estimate of drug-likeness (QED) is 0.278. The van der Waals surface area contributed by atoms with Crippen molar-refractivity contribution in [3.05, 3.63) is 65.9 Å². The highest BCUT2D eigenvalue weighted by atomic mass is 16.3. The molecule has 0 amide bonds. The van der Waals surface area contributed by atoms with E-state index in [0.29, 0.717) is 17.9 Å². The van der Waals surface area contributed by atoms with Crippen LogP contribution >= 0.6 is 0 Å². The van der Waals surface area contributed by atoms with Crippen molar-refractivity contribution in [2.24, 2.45) is 13.0 Å². The number of benzene rings is 1. The number of nitrogens with zero attached hydrogens (tertiary/aromatic N) is 7. The predicted octanol–water partition coefficient (Wildman–Crippen LogP) is 2.32. The minimum absolute atomic E-state index is 0.0373. The average Bonchev–Trinajstić information content (AvgIpc) is 3.69. The van der Waals surface area contributed by atoms with Crippen molar-refractivity contribution in [3.63, 3.8) is 0 Å². The maximum Gasteiger partial charge on any atom is 0.145 e. The Kier molecular flexibility index (Phi) is 5.31. The summed E-state index contributed by atoms with van der Waals surface area (Å²) in [5.41, 5.74) is 10.8. The number of aromatic nitrogens is 7. The van der Waals surface area contributed by atoms with Gasteiger partial charge in [-0.25, -0.2) is 15.0 Å². The first kappa shape index (κ1) is 23.1. The van der Waals surface area contributed by atoms with Gasteiger partial charge < -0.3 is 25.8 Å². The summed E-state index contributed by atoms with van der Waals surface area (Å²) in [5.74, 6) is 1.27. The summed E-state index contributed by atoms with van der Waals surface area (Å²) in [6, 6.07) is 10.2. The molecule has 1 aliphatic carbocycles. The van der Waals surface area contributed by atoms with Gasteiger partial charge in [-0.2, -0.15) is 0 Å². The van der Waals surface area contributed by atoms with Gasteiger partial charge in [-0.3, -0.25) is 4.68 Å². The van der Waals surface area contributed by atoms with E-state index in [1.54, 1.807) is 4.68 Å². The first-order chi connectivity index (χ1) is 18.4. The van der Waals surface area contributed by atoms with E-state index in [2.05, 4.69) is 49.9 Å². The van der Waals surface area contributed by atoms with Crippen molar-refractivity contribution in [1.29, 1.82) is 0 Å². The van der Waals surface area contributed by atoms with E-state index in [9.17, 15) is 10.2 Å². The highest BCUT2D eigenvalue weighted by Crippen LogP contribution is 2.40. The molecule has 7 rings (SSSR count). The number of aliphatic hydroxyl groups excluding tert-OH is 2. The average molecular weight is 512 g/mol. The molecule has 0 saturated heterocycles. The minimum Gasteiger partial charge on any atom is -0.390 e. The van der Waals surface area contributed by atoms with Gasteiger partial charge in [0.15, 0.2) is 0 Å². The monoisotopic (exact) mass is 511 g/mol. The number of hydrogen-bond acceptors (Lipinski definition) is 9. The zero-order chi connectivity index (χ0) is 26.0. The molecule has 38 heavy (non-hydrogen) atoms. The molecule has 5 atom stereocenters. The number of nitrogen functional groups attached to an aromatic ring is 1. The van der Waals surface area contributed by atoms with Crippen molar-refractivity contribution in [2.45, 2.75) is 50.0 Å². The van der Waals surface area contributed by atoms with E-state index in [1.807, 2.05) is 30.1 Å². The fraction of sp³-hybridized carbons (Fsp3) is 0.370. The lowest BCUT2D eigenvalue weighted by molar-refractivity contribution is 0.00545. The van der Waals surface area contributed by atoms with Gasteiger partial charge in [-0.15, -0.1) is 5.10 Å². The smallest absolute Gasteiger partial charge is 0.145 e. The van der Waals surface area contributed by atoms with Crippen molar-refractivity contribution in [3.8, 4) is 0 Å². The molecule has 5 heterocycles. The number of anilines is 2. The Morgan fingerprint density at radius 1 is 1.13 bits per heavy atom. The zero-order valence-corrected chi connectivity index (χ0v) is 20.9. The summed E-state index contributed by atoms with van der Waals surface area (Å²) in [5, 5.41) is 35.4. The highest BCUT2D eigenvalue weighted by molar-refractivity contribution is 5.86. The maximum absolute atomic E-state index is 10.9. The van der Waals surface area contributed by atoms with E-state index < -0.39 is 12.2 Å². The number of pyridine rings is 1. The normalized spacial score (nSPS) is 24.8. The molecule has 1 fully saturated rings. The van der Waals surface area contributed by atoms with Crippen molar-refractivity contribution in [2.75, 3.05) is 11.1 Å². The van der Waals surface area contributed by atoms with Gasteiger partial charge in [-0.1, -0.05) is 17.3 Å². The molecule has 0 spiro atoms. The summed E-state index contributed by atoms with van der Waals surface area (Å²) in [4.78, 5) is 13.3. The topological polar surface area (TPSA) is 153 Å². The molecule has 11 nitrogen and oxygen atoms in total. The van der Waals surface area contributed by atoms with E-state index in [4.69, 9.17) is 10.7 Å². The fourth-order valence-electron chi connectivity index (χ4n) is 6.10. The molecule has 1 aromatic carbocycles. The molecule has 0 radical (unpaired) electrons. The second-order valence-corrected chi connectivity index (χ2v) is 10.5. The molecule has 0 unspecified atom stereocenters. The number of hydrogen-bond donors (Lipinski definition) is 4. The van der Waals surface area contributed by atoms with Gasteiger partial charge in [0.2, 0.25) is 0 Å². The van der Waals surface area contributed by atoms with Crippen molar-refractivity contribution >= 4 is 33.6 Å². The van der Waals surface area contributed by atoms with Crippen molar-refractivity contribution < 1.29 is 10.2 Å². The van der Waals surface area contributed by atoms with Crippen LogP contribution in [0.5, 0.6) is 0 Å². The molecule has 0 bridgehead atoms. The first-order valence-corrected chi connectivity index (χ1v) is 12.9. The zero-order valence-electron chi connectivity index (χ0n) is 20.9. The molecule has 194 valence electrons. The Bertz CT molecular complexity index is 1660. The Morgan fingerprint density at radius 2 is 2.03 bits per heavy atom. The van der Waals surface area contributed by atoms with Crippen LogP contribution in [-0.2, 0) is 19.9 Å². The molecule has 11 heteroatoms. The Balaban J connectivity index is 1.07. The third kappa shape index (κ3) is 3.77. The summed E-state index contributed by atoms with van der Waals surface area (Å²) < 4.78 is 3.63. The summed E-state index contributed by atoms with van der Waals surface area (Å²) in [6.45, 7) is 0. The van der Waals surface area contributed by atoms with E-state index in [0.717, 1.165) is 52.6 Å². The summed E-state index contributed by atoms with van der Waals surface area (Å²) >= 11 is 0. The standard InChI is InChI=1S/C27H29N9O2/c1-35-12-21(33-34-35)20-10-17-9-15-4-2-14(8-19(15)31-26(17)32-20)3-5-16-11-22(24(38)23(16)37)36-7-6-18-25(28)29-13-30-27(18)36/h2,4,6-9,12-13,16,20,22-24,37-38H,3,5,10-11H2,1H3,(H,31,32)(H2,28,29,30)/t16-,20-,22+,23+,24-/m0/s1. The van der Waals surface area contributed by atoms with Crippen LogP contribution in [0, 0.1) is 5.92 Å². The molecule has 5 aromatic rings. The molecule has 5 N–H and O–H groups in total. The molecular formula is C27H29N9O2. The number of fused-ring (bicyclic) bond motifs is 3. The fourth-order valence-corrected chi connectivity index (χ4v) is 6.10. The largest absolute Gasteiger partial charge is 0.390 e. The minimum atomic E-state index is -0.874. The second-order valence-electron chi connectivity index (χ2n) is 10.5. The second kappa shape index (κ2) is 8.74. The van der Waals surface area contributed by atoms with Gasteiger partial charge in [0.1, 0.15) is 35.4 Å². The lowest BCUT2D eigenvalue weighted by Gasteiger charge is -2.19. The number of aryl methyl sites for hydroxylation is 2. The van der Waals surface area contributed by atoms with Crippen LogP contribution in [0.1, 0.15) is 41.7 Å². The number of aliphatic hydroxyl groups is 2. The first-order valence-electron chi connectivity index (χ1n) is 12.9. The van der Waals surface area contributed by atoms with Crippen LogP contribution in [-0.4, -0.2) is 56.9 Å². The van der Waals surface area contributed by atoms with Gasteiger partial charge in [0.25, 0.3) is 0 Å². The van der Waals surface area contributed by atoms with Crippen LogP contribution in [0.25, 0.3) is 21.9 Å². The van der Waals surface area contributed by atoms with Gasteiger partial charge in [0.05, 0.1) is 35.3 Å². The van der Waals surface area contributed by atoms with E-state index in [1.165, 1.54) is 11.9 Å². The van der Waals surface area contributed by atoms with Crippen LogP contribution in [0.3, 0.4) is 0 Å². The van der Waals surface area contributed by atoms with Gasteiger partial charge >= 0.3 is 0 Å². The number of nitrogens with two attached hydrogens (primary N) is 1. The Morgan fingerprint density at radius 3 is 2.87 bits per heavy atom. The van der Waals surface area contributed by atoms with Gasteiger partial charge in [0, 0.05) is 25.1 Å². The van der Waals surface area contributed by atoms with E-state index >= 15 is 0 Å². The lowest BCUT2D eigenvalue weighted by Crippen LogP contribution is -2.29. The third-order valence-electron chi connectivity index (χ3n) is 8.15.